The van der Waals surface area contributed by atoms with Crippen LogP contribution in [0.25, 0.3) is 116 Å². The third-order valence-electron chi connectivity index (χ3n) is 12.1. The first kappa shape index (κ1) is 34.8. The lowest BCUT2D eigenvalue weighted by atomic mass is 9.91. The minimum atomic E-state index is 0.688. The van der Waals surface area contributed by atoms with Crippen LogP contribution in [-0.4, -0.2) is 19.5 Å². The second-order valence-electron chi connectivity index (χ2n) is 15.6. The molecule has 0 amide bonds. The average Bonchev–Trinajstić information content (AvgIpc) is 3.67. The molecule has 3 heterocycles. The number of benzene rings is 9. The van der Waals surface area contributed by atoms with E-state index in [9.17, 15) is 0 Å². The summed E-state index contributed by atoms with van der Waals surface area (Å²) >= 11 is 0. The monoisotopic (exact) mass is 776 g/mol. The zero-order valence-corrected chi connectivity index (χ0v) is 33.1. The van der Waals surface area contributed by atoms with E-state index in [4.69, 9.17) is 9.97 Å². The Kier molecular flexibility index (Phi) is 8.13. The lowest BCUT2D eigenvalue weighted by molar-refractivity contribution is 1.18. The highest BCUT2D eigenvalue weighted by Crippen LogP contribution is 2.42. The van der Waals surface area contributed by atoms with E-state index in [0.717, 1.165) is 50.5 Å². The van der Waals surface area contributed by atoms with Crippen molar-refractivity contribution >= 4 is 54.1 Å². The zero-order chi connectivity index (χ0) is 40.3. The predicted octanol–water partition coefficient (Wildman–Crippen LogP) is 14.8. The minimum Gasteiger partial charge on any atom is -0.309 e. The summed E-state index contributed by atoms with van der Waals surface area (Å²) in [6, 6.07) is 73.8. The molecule has 0 radical (unpaired) electrons. The summed E-state index contributed by atoms with van der Waals surface area (Å²) in [7, 11) is 0. The van der Waals surface area contributed by atoms with E-state index in [1.54, 1.807) is 6.20 Å². The first-order valence-corrected chi connectivity index (χ1v) is 20.7. The van der Waals surface area contributed by atoms with Gasteiger partial charge in [0.05, 0.1) is 22.4 Å². The van der Waals surface area contributed by atoms with Crippen LogP contribution < -0.4 is 0 Å². The molecule has 0 N–H and O–H groups in total. The lowest BCUT2D eigenvalue weighted by Gasteiger charge is -2.14. The molecule has 4 heteroatoms. The highest BCUT2D eigenvalue weighted by molar-refractivity contribution is 6.29. The van der Waals surface area contributed by atoms with Crippen molar-refractivity contribution in [1.29, 1.82) is 0 Å². The molecule has 12 aromatic rings. The summed E-state index contributed by atoms with van der Waals surface area (Å²) in [5, 5.41) is 10.1. The lowest BCUT2D eigenvalue weighted by Crippen LogP contribution is -1.96. The van der Waals surface area contributed by atoms with E-state index in [0.29, 0.717) is 5.82 Å². The standard InChI is InChI=1S/C57H36N4/c1-3-12-39(13-4-1)53-35-54(60-57(59-53)41-27-23-38(24-28-41)43-14-11-31-58-36-43)40-25-21-37(22-26-40)42-29-30-47-49(32-42)45-17-7-8-18-46(45)50-33-52-48-19-9-10-20-55(48)61(56(52)34-51(47)50)44-15-5-2-6-16-44/h1-36H. The summed E-state index contributed by atoms with van der Waals surface area (Å²) in [4.78, 5) is 14.5. The molecule has 0 aliphatic rings. The van der Waals surface area contributed by atoms with Crippen LogP contribution in [0.5, 0.6) is 0 Å². The third kappa shape index (κ3) is 5.96. The number of hydrogen-bond donors (Lipinski definition) is 0. The number of aromatic nitrogens is 4. The maximum Gasteiger partial charge on any atom is 0.160 e. The van der Waals surface area contributed by atoms with Gasteiger partial charge in [-0.2, -0.15) is 0 Å². The first-order valence-electron chi connectivity index (χ1n) is 20.7. The molecule has 0 bridgehead atoms. The number of rotatable bonds is 6. The van der Waals surface area contributed by atoms with Crippen LogP contribution in [0.1, 0.15) is 0 Å². The van der Waals surface area contributed by atoms with Crippen LogP contribution in [-0.2, 0) is 0 Å². The smallest absolute Gasteiger partial charge is 0.160 e. The van der Waals surface area contributed by atoms with Crippen molar-refractivity contribution in [3.8, 4) is 61.8 Å². The second kappa shape index (κ2) is 14.3. The van der Waals surface area contributed by atoms with E-state index < -0.39 is 0 Å². The molecular weight excluding hydrogens is 741 g/mol. The molecule has 0 aliphatic heterocycles. The Morgan fingerprint density at radius 2 is 0.820 bits per heavy atom. The summed E-state index contributed by atoms with van der Waals surface area (Å²) in [5.41, 5.74) is 12.9. The Hall–Kier alpha value is -8.21. The van der Waals surface area contributed by atoms with Crippen LogP contribution in [0, 0.1) is 0 Å². The van der Waals surface area contributed by atoms with E-state index >= 15 is 0 Å². The van der Waals surface area contributed by atoms with Gasteiger partial charge in [-0.15, -0.1) is 0 Å². The van der Waals surface area contributed by atoms with Gasteiger partial charge in [-0.1, -0.05) is 158 Å². The van der Waals surface area contributed by atoms with Crippen molar-refractivity contribution in [2.24, 2.45) is 0 Å². The Morgan fingerprint density at radius 1 is 0.295 bits per heavy atom. The van der Waals surface area contributed by atoms with Crippen molar-refractivity contribution < 1.29 is 0 Å². The normalized spacial score (nSPS) is 11.6. The summed E-state index contributed by atoms with van der Waals surface area (Å²) in [5.74, 6) is 0.688. The first-order chi connectivity index (χ1) is 30.2. The fourth-order valence-corrected chi connectivity index (χ4v) is 9.11. The Bertz CT molecular complexity index is 3600. The molecule has 284 valence electrons. The van der Waals surface area contributed by atoms with Crippen molar-refractivity contribution in [2.45, 2.75) is 0 Å². The van der Waals surface area contributed by atoms with E-state index in [1.165, 1.54) is 59.7 Å². The molecule has 0 fully saturated rings. The van der Waals surface area contributed by atoms with Gasteiger partial charge in [0, 0.05) is 45.5 Å². The molecular formula is C57H36N4. The maximum atomic E-state index is 5.14. The molecule has 9 aromatic carbocycles. The predicted molar refractivity (Wildman–Crippen MR) is 254 cm³/mol. The average molecular weight is 777 g/mol. The van der Waals surface area contributed by atoms with Crippen molar-refractivity contribution in [3.63, 3.8) is 0 Å². The number of nitrogens with zero attached hydrogens (tertiary/aromatic N) is 4. The molecule has 0 saturated heterocycles. The molecule has 0 spiro atoms. The van der Waals surface area contributed by atoms with Gasteiger partial charge < -0.3 is 4.57 Å². The molecule has 0 unspecified atom stereocenters. The van der Waals surface area contributed by atoms with Gasteiger partial charge in [-0.05, 0) is 103 Å². The van der Waals surface area contributed by atoms with Crippen LogP contribution in [0.4, 0.5) is 0 Å². The number of hydrogen-bond acceptors (Lipinski definition) is 3. The van der Waals surface area contributed by atoms with E-state index in [2.05, 4.69) is 204 Å². The van der Waals surface area contributed by atoms with Gasteiger partial charge in [0.2, 0.25) is 0 Å². The second-order valence-corrected chi connectivity index (χ2v) is 15.6. The van der Waals surface area contributed by atoms with E-state index in [1.807, 2.05) is 18.3 Å². The number of pyridine rings is 1. The Balaban J connectivity index is 0.967. The minimum absolute atomic E-state index is 0.688. The van der Waals surface area contributed by atoms with Gasteiger partial charge >= 0.3 is 0 Å². The number of para-hydroxylation sites is 2. The van der Waals surface area contributed by atoms with Gasteiger partial charge in [-0.3, -0.25) is 4.98 Å². The molecule has 4 nitrogen and oxygen atoms in total. The van der Waals surface area contributed by atoms with Gasteiger partial charge in [-0.25, -0.2) is 9.97 Å². The zero-order valence-electron chi connectivity index (χ0n) is 33.1. The van der Waals surface area contributed by atoms with Gasteiger partial charge in [0.25, 0.3) is 0 Å². The maximum absolute atomic E-state index is 5.14. The highest BCUT2D eigenvalue weighted by Gasteiger charge is 2.17. The fraction of sp³-hybridized carbons (Fsp3) is 0. The quantitative estimate of drug-likeness (QED) is 0.158. The van der Waals surface area contributed by atoms with E-state index in [-0.39, 0.29) is 0 Å². The highest BCUT2D eigenvalue weighted by atomic mass is 15.0. The van der Waals surface area contributed by atoms with Crippen LogP contribution >= 0.6 is 0 Å². The molecule has 0 aliphatic carbocycles. The summed E-state index contributed by atoms with van der Waals surface area (Å²) < 4.78 is 2.41. The number of fused-ring (bicyclic) bond motifs is 9. The van der Waals surface area contributed by atoms with Crippen LogP contribution in [0.15, 0.2) is 219 Å². The van der Waals surface area contributed by atoms with Crippen molar-refractivity contribution in [1.82, 2.24) is 19.5 Å². The molecule has 3 aromatic heterocycles. The summed E-state index contributed by atoms with van der Waals surface area (Å²) in [6.45, 7) is 0. The Morgan fingerprint density at radius 3 is 1.52 bits per heavy atom. The largest absolute Gasteiger partial charge is 0.309 e. The fourth-order valence-electron chi connectivity index (χ4n) is 9.11. The Labute approximate surface area is 352 Å². The molecule has 61 heavy (non-hydrogen) atoms. The van der Waals surface area contributed by atoms with Gasteiger partial charge in [0.15, 0.2) is 5.82 Å². The SMILES string of the molecule is c1ccc(-c2cc(-c3ccc(-c4ccc5c(c4)c4ccccc4c4cc6c7ccccc7n(-c7ccccc7)c6cc54)cc3)nc(-c3ccc(-c4cccnc4)cc3)n2)cc1. The van der Waals surface area contributed by atoms with Crippen molar-refractivity contribution in [3.05, 3.63) is 219 Å². The molecule has 12 rings (SSSR count). The van der Waals surface area contributed by atoms with Crippen molar-refractivity contribution in [2.75, 3.05) is 0 Å². The molecule has 0 saturated carbocycles. The van der Waals surface area contributed by atoms with Crippen LogP contribution in [0.2, 0.25) is 0 Å². The van der Waals surface area contributed by atoms with Gasteiger partial charge in [0.1, 0.15) is 0 Å². The molecule has 0 atom stereocenters. The third-order valence-corrected chi connectivity index (χ3v) is 12.1. The topological polar surface area (TPSA) is 43.6 Å². The van der Waals surface area contributed by atoms with Crippen LogP contribution in [0.3, 0.4) is 0 Å². The summed E-state index contributed by atoms with van der Waals surface area (Å²) in [6.07, 6.45) is 3.68.